The molecule has 0 aliphatic heterocycles. The summed E-state index contributed by atoms with van der Waals surface area (Å²) >= 11 is 0. The van der Waals surface area contributed by atoms with Crippen LogP contribution < -0.4 is 0 Å². The van der Waals surface area contributed by atoms with Crippen LogP contribution in [0.1, 0.15) is 18.9 Å². The summed E-state index contributed by atoms with van der Waals surface area (Å²) in [7, 11) is 0. The van der Waals surface area contributed by atoms with Crippen LogP contribution in [0, 0.1) is 5.92 Å². The highest BCUT2D eigenvalue weighted by Crippen LogP contribution is 2.09. The molecule has 0 amide bonds. The maximum absolute atomic E-state index is 11.7. The Morgan fingerprint density at radius 2 is 1.94 bits per heavy atom. The van der Waals surface area contributed by atoms with Gasteiger partial charge >= 0.3 is 0 Å². The van der Waals surface area contributed by atoms with E-state index < -0.39 is 5.92 Å². The fourth-order valence-corrected chi connectivity index (χ4v) is 1.59. The lowest BCUT2D eigenvalue weighted by molar-refractivity contribution is -0.129. The lowest BCUT2D eigenvalue weighted by Gasteiger charge is -2.07. The Hall–Kier alpha value is -1.70. The molecular formula is C14H16O2. The second-order valence-electron chi connectivity index (χ2n) is 3.78. The van der Waals surface area contributed by atoms with Crippen LogP contribution in [0.25, 0.3) is 0 Å². The minimum absolute atomic E-state index is 0.0497. The first-order valence-corrected chi connectivity index (χ1v) is 5.34. The predicted molar refractivity (Wildman–Crippen MR) is 64.1 cm³/mol. The number of carbonyl (C=O) groups excluding carboxylic acids is 2. The number of carbonyl (C=O) groups is 2. The molecule has 0 aliphatic carbocycles. The second kappa shape index (κ2) is 6.01. The third kappa shape index (κ3) is 3.46. The van der Waals surface area contributed by atoms with Crippen molar-refractivity contribution in [2.45, 2.75) is 19.8 Å². The SMILES string of the molecule is C=CC(C(C)=O)C(=O)CCc1ccccc1. The van der Waals surface area contributed by atoms with Gasteiger partial charge in [-0.15, -0.1) is 6.58 Å². The fourth-order valence-electron chi connectivity index (χ4n) is 1.59. The third-order valence-electron chi connectivity index (χ3n) is 2.52. The topological polar surface area (TPSA) is 34.1 Å². The number of rotatable bonds is 6. The van der Waals surface area contributed by atoms with E-state index in [9.17, 15) is 9.59 Å². The smallest absolute Gasteiger partial charge is 0.147 e. The molecule has 2 heteroatoms. The van der Waals surface area contributed by atoms with E-state index >= 15 is 0 Å². The molecule has 1 rings (SSSR count). The number of allylic oxidation sites excluding steroid dienone is 1. The normalized spacial score (nSPS) is 11.8. The molecule has 16 heavy (non-hydrogen) atoms. The van der Waals surface area contributed by atoms with Crippen molar-refractivity contribution in [3.05, 3.63) is 48.6 Å². The van der Waals surface area contributed by atoms with Gasteiger partial charge in [0.1, 0.15) is 11.6 Å². The number of ketones is 2. The van der Waals surface area contributed by atoms with E-state index in [2.05, 4.69) is 6.58 Å². The molecule has 1 aromatic carbocycles. The van der Waals surface area contributed by atoms with E-state index in [-0.39, 0.29) is 11.6 Å². The Morgan fingerprint density at radius 3 is 2.44 bits per heavy atom. The van der Waals surface area contributed by atoms with Gasteiger partial charge in [-0.3, -0.25) is 9.59 Å². The first kappa shape index (κ1) is 12.4. The van der Waals surface area contributed by atoms with Gasteiger partial charge in [-0.2, -0.15) is 0 Å². The van der Waals surface area contributed by atoms with Gasteiger partial charge in [0.2, 0.25) is 0 Å². The van der Waals surface area contributed by atoms with Crippen LogP contribution in [-0.4, -0.2) is 11.6 Å². The van der Waals surface area contributed by atoms with Crippen LogP contribution in [0.15, 0.2) is 43.0 Å². The summed E-state index contributed by atoms with van der Waals surface area (Å²) in [6.45, 7) is 4.94. The number of hydrogen-bond acceptors (Lipinski definition) is 2. The highest BCUT2D eigenvalue weighted by molar-refractivity contribution is 6.03. The number of benzene rings is 1. The highest BCUT2D eigenvalue weighted by atomic mass is 16.1. The maximum atomic E-state index is 11.7. The minimum atomic E-state index is -0.635. The van der Waals surface area contributed by atoms with Crippen LogP contribution in [0.3, 0.4) is 0 Å². The highest BCUT2D eigenvalue weighted by Gasteiger charge is 2.18. The molecule has 84 valence electrons. The van der Waals surface area contributed by atoms with Gasteiger partial charge in [0.15, 0.2) is 0 Å². The van der Waals surface area contributed by atoms with Gasteiger partial charge in [0.05, 0.1) is 5.92 Å². The maximum Gasteiger partial charge on any atom is 0.147 e. The lowest BCUT2D eigenvalue weighted by atomic mass is 9.95. The molecule has 0 saturated heterocycles. The van der Waals surface area contributed by atoms with Crippen molar-refractivity contribution in [1.29, 1.82) is 0 Å². The summed E-state index contributed by atoms with van der Waals surface area (Å²) in [4.78, 5) is 22.8. The fraction of sp³-hybridized carbons (Fsp3) is 0.286. The predicted octanol–water partition coefficient (Wildman–Crippen LogP) is 2.58. The molecule has 0 aromatic heterocycles. The van der Waals surface area contributed by atoms with Gasteiger partial charge in [-0.05, 0) is 18.9 Å². The Bertz CT molecular complexity index is 379. The van der Waals surface area contributed by atoms with E-state index in [1.165, 1.54) is 13.0 Å². The summed E-state index contributed by atoms with van der Waals surface area (Å²) in [6, 6.07) is 9.77. The first-order valence-electron chi connectivity index (χ1n) is 5.34. The van der Waals surface area contributed by atoms with Crippen molar-refractivity contribution in [2.24, 2.45) is 5.92 Å². The zero-order valence-corrected chi connectivity index (χ0v) is 9.48. The van der Waals surface area contributed by atoms with E-state index in [1.54, 1.807) is 0 Å². The van der Waals surface area contributed by atoms with Gasteiger partial charge in [-0.1, -0.05) is 36.4 Å². The Labute approximate surface area is 96.0 Å². The summed E-state index contributed by atoms with van der Waals surface area (Å²) in [6.07, 6.45) is 2.49. The minimum Gasteiger partial charge on any atom is -0.299 e. The quantitative estimate of drug-likeness (QED) is 0.541. The van der Waals surface area contributed by atoms with Crippen LogP contribution in [0.4, 0.5) is 0 Å². The number of aryl methyl sites for hydroxylation is 1. The second-order valence-corrected chi connectivity index (χ2v) is 3.78. The molecule has 1 aromatic rings. The molecule has 0 N–H and O–H groups in total. The molecule has 1 atom stereocenters. The average molecular weight is 216 g/mol. The van der Waals surface area contributed by atoms with Crippen molar-refractivity contribution >= 4 is 11.6 Å². The average Bonchev–Trinajstić information content (AvgIpc) is 2.28. The zero-order chi connectivity index (χ0) is 12.0. The van der Waals surface area contributed by atoms with Crippen molar-refractivity contribution in [1.82, 2.24) is 0 Å². The summed E-state index contributed by atoms with van der Waals surface area (Å²) < 4.78 is 0. The van der Waals surface area contributed by atoms with Gasteiger partial charge in [-0.25, -0.2) is 0 Å². The molecule has 0 saturated carbocycles. The molecule has 1 unspecified atom stereocenters. The lowest BCUT2D eigenvalue weighted by Crippen LogP contribution is -2.19. The summed E-state index contributed by atoms with van der Waals surface area (Å²) in [5.41, 5.74) is 1.11. The molecule has 2 nitrogen and oxygen atoms in total. The van der Waals surface area contributed by atoms with Crippen LogP contribution in [0.2, 0.25) is 0 Å². The summed E-state index contributed by atoms with van der Waals surface area (Å²) in [5.74, 6) is -0.817. The number of Topliss-reactive ketones (excluding diaryl/α,β-unsaturated/α-hetero) is 2. The summed E-state index contributed by atoms with van der Waals surface area (Å²) in [5, 5.41) is 0. The molecule has 0 heterocycles. The Kier molecular flexibility index (Phi) is 4.65. The Morgan fingerprint density at radius 1 is 1.31 bits per heavy atom. The molecule has 0 bridgehead atoms. The van der Waals surface area contributed by atoms with Gasteiger partial charge in [0, 0.05) is 6.42 Å². The third-order valence-corrected chi connectivity index (χ3v) is 2.52. The van der Waals surface area contributed by atoms with Gasteiger partial charge < -0.3 is 0 Å². The molecule has 0 fully saturated rings. The van der Waals surface area contributed by atoms with Crippen molar-refractivity contribution in [3.63, 3.8) is 0 Å². The molecule has 0 radical (unpaired) electrons. The van der Waals surface area contributed by atoms with Crippen LogP contribution in [-0.2, 0) is 16.0 Å². The van der Waals surface area contributed by atoms with E-state index in [0.717, 1.165) is 5.56 Å². The standard InChI is InChI=1S/C14H16O2/c1-3-13(11(2)15)14(16)10-9-12-7-5-4-6-8-12/h3-8,13H,1,9-10H2,2H3. The largest absolute Gasteiger partial charge is 0.299 e. The number of hydrogen-bond donors (Lipinski definition) is 0. The monoisotopic (exact) mass is 216 g/mol. The van der Waals surface area contributed by atoms with E-state index in [0.29, 0.717) is 12.8 Å². The molecule has 0 aliphatic rings. The molecule has 0 spiro atoms. The van der Waals surface area contributed by atoms with Crippen molar-refractivity contribution < 1.29 is 9.59 Å². The zero-order valence-electron chi connectivity index (χ0n) is 9.48. The van der Waals surface area contributed by atoms with E-state index in [1.807, 2.05) is 30.3 Å². The first-order chi connectivity index (χ1) is 7.65. The van der Waals surface area contributed by atoms with Crippen LogP contribution in [0.5, 0.6) is 0 Å². The van der Waals surface area contributed by atoms with Crippen molar-refractivity contribution in [3.8, 4) is 0 Å². The Balaban J connectivity index is 2.52. The molecular weight excluding hydrogens is 200 g/mol. The van der Waals surface area contributed by atoms with Gasteiger partial charge in [0.25, 0.3) is 0 Å². The van der Waals surface area contributed by atoms with Crippen molar-refractivity contribution in [2.75, 3.05) is 0 Å². The van der Waals surface area contributed by atoms with Crippen LogP contribution >= 0.6 is 0 Å². The van der Waals surface area contributed by atoms with E-state index in [4.69, 9.17) is 0 Å².